The van der Waals surface area contributed by atoms with Gasteiger partial charge in [0.05, 0.1) is 41.1 Å². The fraction of sp³-hybridized carbons (Fsp3) is 0.429. The summed E-state index contributed by atoms with van der Waals surface area (Å²) in [6.45, 7) is 7.06. The van der Waals surface area contributed by atoms with Gasteiger partial charge in [-0.1, -0.05) is 20.8 Å². The summed E-state index contributed by atoms with van der Waals surface area (Å²) in [5, 5.41) is 15.0. The molecule has 1 amide bonds. The average molecular weight is 553 g/mol. The first-order valence-corrected chi connectivity index (χ1v) is 14.0. The molecule has 3 aliphatic rings. The zero-order valence-electron chi connectivity index (χ0n) is 22.1. The molecule has 0 saturated heterocycles. The Balaban J connectivity index is 1.61. The van der Waals surface area contributed by atoms with E-state index >= 15 is 4.39 Å². The predicted octanol–water partition coefficient (Wildman–Crippen LogP) is 2.77. The Morgan fingerprint density at radius 3 is 2.79 bits per heavy atom. The molecule has 0 fully saturated rings. The number of halogens is 1. The Morgan fingerprint density at radius 1 is 1.36 bits per heavy atom. The van der Waals surface area contributed by atoms with Crippen molar-refractivity contribution in [1.82, 2.24) is 14.9 Å². The summed E-state index contributed by atoms with van der Waals surface area (Å²) in [7, 11) is 0. The largest absolute Gasteiger partial charge is 0.458 e. The highest BCUT2D eigenvalue weighted by Gasteiger charge is 2.46. The van der Waals surface area contributed by atoms with Crippen molar-refractivity contribution in [3.05, 3.63) is 56.1 Å². The molecule has 6 rings (SSSR count). The molecule has 39 heavy (non-hydrogen) atoms. The number of ether oxygens (including phenoxy) is 1. The number of cyclic esters (lactones) is 1. The van der Waals surface area contributed by atoms with Gasteiger partial charge in [0.25, 0.3) is 5.56 Å². The van der Waals surface area contributed by atoms with Gasteiger partial charge in [0.1, 0.15) is 12.4 Å². The van der Waals surface area contributed by atoms with Crippen LogP contribution < -0.4 is 16.6 Å². The molecule has 5 heterocycles. The van der Waals surface area contributed by atoms with Gasteiger partial charge in [-0.2, -0.15) is 0 Å². The van der Waals surface area contributed by atoms with Crippen molar-refractivity contribution >= 4 is 34.5 Å². The molecule has 3 aromatic rings. The lowest BCUT2D eigenvalue weighted by Crippen LogP contribution is -2.46. The van der Waals surface area contributed by atoms with Gasteiger partial charge < -0.3 is 25.5 Å². The van der Waals surface area contributed by atoms with Crippen molar-refractivity contribution in [3.8, 4) is 11.4 Å². The molecule has 3 atom stereocenters. The summed E-state index contributed by atoms with van der Waals surface area (Å²) in [6.07, 6.45) is 0.0280. The van der Waals surface area contributed by atoms with Gasteiger partial charge >= 0.3 is 5.97 Å². The number of benzene rings is 1. The van der Waals surface area contributed by atoms with E-state index in [1.54, 1.807) is 24.5 Å². The molecule has 9 nitrogen and oxygen atoms in total. The van der Waals surface area contributed by atoms with Crippen molar-refractivity contribution in [3.63, 3.8) is 0 Å². The van der Waals surface area contributed by atoms with Gasteiger partial charge in [-0.15, -0.1) is 11.8 Å². The van der Waals surface area contributed by atoms with Gasteiger partial charge in [-0.25, -0.2) is 14.2 Å². The standard InChI is InChI=1S/C28H29FN4O5S/c1-5-28(37)15-6-19-23-13(8-33(19)26(35)14(15)9-38-27(28)36)20-18(32-25(34)22(30)11(2)3)10-39-24-12(4)16(29)7-17(31-23)21(20)24/h6-7,11,18,22,37H,5,8-10,30H2,1-4H3,(H,32,34)/t18-,22-,28-/m0/s1. The lowest BCUT2D eigenvalue weighted by atomic mass is 9.86. The first-order chi connectivity index (χ1) is 18.5. The Labute approximate surface area is 227 Å². The predicted molar refractivity (Wildman–Crippen MR) is 144 cm³/mol. The number of carbonyl (C=O) groups is 2. The summed E-state index contributed by atoms with van der Waals surface area (Å²) in [6, 6.07) is 1.86. The first kappa shape index (κ1) is 26.0. The van der Waals surface area contributed by atoms with Crippen LogP contribution >= 0.6 is 11.8 Å². The van der Waals surface area contributed by atoms with Crippen molar-refractivity contribution in [2.24, 2.45) is 11.7 Å². The molecule has 3 aliphatic heterocycles. The number of nitrogens with two attached hydrogens (primary N) is 1. The number of carbonyl (C=O) groups excluding carboxylic acids is 2. The van der Waals surface area contributed by atoms with Crippen molar-refractivity contribution in [1.29, 1.82) is 0 Å². The number of hydrogen-bond donors (Lipinski definition) is 3. The monoisotopic (exact) mass is 552 g/mol. The summed E-state index contributed by atoms with van der Waals surface area (Å²) in [4.78, 5) is 44.8. The van der Waals surface area contributed by atoms with E-state index < -0.39 is 29.5 Å². The number of fused-ring (bicyclic) bond motifs is 5. The van der Waals surface area contributed by atoms with Crippen LogP contribution in [0.5, 0.6) is 0 Å². The fourth-order valence-electron chi connectivity index (χ4n) is 5.81. The third-order valence-corrected chi connectivity index (χ3v) is 9.54. The zero-order chi connectivity index (χ0) is 28.0. The summed E-state index contributed by atoms with van der Waals surface area (Å²) in [5.41, 5.74) is 7.57. The van der Waals surface area contributed by atoms with Gasteiger partial charge in [-0.3, -0.25) is 9.59 Å². The molecule has 4 N–H and O–H groups in total. The SMILES string of the molecule is CC[C@@]1(O)C(=O)OCc2c1cc1n(c2=O)Cc2c-1nc1cc(F)c(C)c3c1c2[C@@H](NC(=O)[C@@H](N)C(C)C)CS3. The number of pyridine rings is 2. The van der Waals surface area contributed by atoms with Crippen LogP contribution in [0.25, 0.3) is 22.3 Å². The van der Waals surface area contributed by atoms with Crippen molar-refractivity contribution in [2.75, 3.05) is 5.75 Å². The summed E-state index contributed by atoms with van der Waals surface area (Å²) >= 11 is 1.46. The number of hydrogen-bond acceptors (Lipinski definition) is 8. The Bertz CT molecular complexity index is 1670. The third-order valence-electron chi connectivity index (χ3n) is 8.24. The van der Waals surface area contributed by atoms with Crippen molar-refractivity contribution < 1.29 is 23.8 Å². The molecule has 0 radical (unpaired) electrons. The van der Waals surface area contributed by atoms with Gasteiger partial charge in [-0.05, 0) is 36.5 Å². The smallest absolute Gasteiger partial charge is 0.343 e. The normalized spacial score (nSPS) is 21.8. The topological polar surface area (TPSA) is 137 Å². The van der Waals surface area contributed by atoms with Crippen LogP contribution in [0.4, 0.5) is 4.39 Å². The van der Waals surface area contributed by atoms with Crippen LogP contribution in [-0.2, 0) is 33.1 Å². The van der Waals surface area contributed by atoms with E-state index in [0.29, 0.717) is 28.2 Å². The second kappa shape index (κ2) is 8.87. The van der Waals surface area contributed by atoms with Crippen molar-refractivity contribution in [2.45, 2.75) is 69.8 Å². The Hall–Kier alpha value is -3.28. The minimum atomic E-state index is -1.95. The molecular weight excluding hydrogens is 523 g/mol. The van der Waals surface area contributed by atoms with Gasteiger partial charge in [0.2, 0.25) is 5.91 Å². The minimum Gasteiger partial charge on any atom is -0.458 e. The Kier molecular flexibility index (Phi) is 5.91. The number of rotatable bonds is 4. The number of nitrogens with zero attached hydrogens (tertiary/aromatic N) is 2. The number of esters is 1. The van der Waals surface area contributed by atoms with E-state index in [0.717, 1.165) is 21.4 Å². The highest BCUT2D eigenvalue weighted by atomic mass is 32.2. The quantitative estimate of drug-likeness (QED) is 0.329. The number of amides is 1. The van der Waals surface area contributed by atoms with E-state index in [1.165, 1.54) is 17.8 Å². The van der Waals surface area contributed by atoms with Gasteiger partial charge in [0, 0.05) is 33.2 Å². The lowest BCUT2D eigenvalue weighted by Gasteiger charge is -2.31. The highest BCUT2D eigenvalue weighted by Crippen LogP contribution is 2.48. The zero-order valence-corrected chi connectivity index (χ0v) is 22.9. The van der Waals surface area contributed by atoms with Crippen LogP contribution in [0, 0.1) is 18.7 Å². The minimum absolute atomic E-state index is 0.0280. The molecule has 0 spiro atoms. The second-order valence-corrected chi connectivity index (χ2v) is 11.8. The van der Waals surface area contributed by atoms with E-state index in [2.05, 4.69) is 5.32 Å². The van der Waals surface area contributed by atoms with Crippen LogP contribution in [0.15, 0.2) is 21.8 Å². The van der Waals surface area contributed by atoms with E-state index in [9.17, 15) is 19.5 Å². The molecule has 1 aromatic carbocycles. The molecule has 2 aromatic heterocycles. The summed E-state index contributed by atoms with van der Waals surface area (Å²) in [5.74, 6) is -1.09. The third kappa shape index (κ3) is 3.59. The molecule has 0 aliphatic carbocycles. The number of nitrogens with one attached hydrogen (secondary N) is 1. The van der Waals surface area contributed by atoms with Crippen LogP contribution in [0.2, 0.25) is 0 Å². The number of aliphatic hydroxyl groups is 1. The average Bonchev–Trinajstić information content (AvgIpc) is 3.28. The molecule has 0 bridgehead atoms. The van der Waals surface area contributed by atoms with E-state index in [4.69, 9.17) is 15.5 Å². The maximum absolute atomic E-state index is 15.0. The first-order valence-electron chi connectivity index (χ1n) is 13.0. The van der Waals surface area contributed by atoms with Crippen LogP contribution in [0.1, 0.15) is 61.1 Å². The maximum Gasteiger partial charge on any atom is 0.343 e. The molecule has 204 valence electrons. The van der Waals surface area contributed by atoms with Gasteiger partial charge in [0.15, 0.2) is 5.60 Å². The summed E-state index contributed by atoms with van der Waals surface area (Å²) < 4.78 is 21.7. The molecular formula is C28H29FN4O5S. The Morgan fingerprint density at radius 2 is 2.10 bits per heavy atom. The fourth-order valence-corrected chi connectivity index (χ4v) is 7.07. The molecule has 11 heteroatoms. The number of thioether (sulfide) groups is 1. The highest BCUT2D eigenvalue weighted by molar-refractivity contribution is 7.99. The van der Waals surface area contributed by atoms with E-state index in [1.807, 2.05) is 13.8 Å². The second-order valence-electron chi connectivity index (χ2n) is 10.8. The van der Waals surface area contributed by atoms with E-state index in [-0.39, 0.29) is 48.1 Å². The number of aromatic nitrogens is 2. The lowest BCUT2D eigenvalue weighted by molar-refractivity contribution is -0.172. The molecule has 0 saturated carbocycles. The van der Waals surface area contributed by atoms with Crippen LogP contribution in [0.3, 0.4) is 0 Å². The molecule has 0 unspecified atom stereocenters. The maximum atomic E-state index is 15.0. The van der Waals surface area contributed by atoms with Crippen LogP contribution in [-0.4, -0.2) is 38.3 Å².